The Morgan fingerprint density at radius 2 is 2.32 bits per heavy atom. The van der Waals surface area contributed by atoms with E-state index in [-0.39, 0.29) is 17.8 Å². The predicted molar refractivity (Wildman–Crippen MR) is 76.2 cm³/mol. The number of carbonyl (C=O) groups excluding carboxylic acids is 1. The topological polar surface area (TPSA) is 32.3 Å². The van der Waals surface area contributed by atoms with Gasteiger partial charge in [0.1, 0.15) is 5.82 Å². The van der Waals surface area contributed by atoms with Crippen molar-refractivity contribution in [2.45, 2.75) is 32.4 Å². The largest absolute Gasteiger partial charge is 0.341 e. The molecule has 1 atom stereocenters. The van der Waals surface area contributed by atoms with Gasteiger partial charge in [0.05, 0.1) is 0 Å². The average Bonchev–Trinajstić information content (AvgIpc) is 2.74. The number of rotatable bonds is 5. The summed E-state index contributed by atoms with van der Waals surface area (Å²) in [6, 6.07) is 4.90. The molecule has 19 heavy (non-hydrogen) atoms. The van der Waals surface area contributed by atoms with Gasteiger partial charge < -0.3 is 10.2 Å². The molecule has 104 valence electrons. The summed E-state index contributed by atoms with van der Waals surface area (Å²) in [7, 11) is 0. The molecule has 1 aliphatic rings. The first-order valence-corrected chi connectivity index (χ1v) is 7.30. The molecule has 5 heteroatoms. The van der Waals surface area contributed by atoms with E-state index in [0.717, 1.165) is 29.5 Å². The summed E-state index contributed by atoms with van der Waals surface area (Å²) in [5, 5.41) is 3.36. The molecule has 3 nitrogen and oxygen atoms in total. The summed E-state index contributed by atoms with van der Waals surface area (Å²) in [6.07, 6.45) is 1.64. The van der Waals surface area contributed by atoms with Gasteiger partial charge >= 0.3 is 0 Å². The highest BCUT2D eigenvalue weighted by Gasteiger charge is 2.21. The van der Waals surface area contributed by atoms with Gasteiger partial charge in [0.25, 0.3) is 0 Å². The van der Waals surface area contributed by atoms with E-state index in [1.807, 2.05) is 4.90 Å². The smallest absolute Gasteiger partial charge is 0.222 e. The highest BCUT2D eigenvalue weighted by molar-refractivity contribution is 9.10. The van der Waals surface area contributed by atoms with Crippen LogP contribution in [0.1, 0.15) is 25.3 Å². The third-order valence-electron chi connectivity index (χ3n) is 3.32. The molecule has 0 radical (unpaired) electrons. The maximum atomic E-state index is 13.0. The summed E-state index contributed by atoms with van der Waals surface area (Å²) in [4.78, 5) is 13.4. The summed E-state index contributed by atoms with van der Waals surface area (Å²) in [6.45, 7) is 4.32. The van der Waals surface area contributed by atoms with Crippen molar-refractivity contribution in [3.05, 3.63) is 34.1 Å². The Labute approximate surface area is 121 Å². The highest BCUT2D eigenvalue weighted by atomic mass is 79.9. The zero-order valence-electron chi connectivity index (χ0n) is 11.0. The predicted octanol–water partition coefficient (Wildman–Crippen LogP) is 2.69. The molecule has 0 bridgehead atoms. The van der Waals surface area contributed by atoms with E-state index in [0.29, 0.717) is 13.0 Å². The third kappa shape index (κ3) is 4.01. The minimum atomic E-state index is -0.244. The zero-order valence-corrected chi connectivity index (χ0v) is 12.5. The summed E-state index contributed by atoms with van der Waals surface area (Å²) in [5.41, 5.74) is 1.01. The van der Waals surface area contributed by atoms with E-state index in [2.05, 4.69) is 28.2 Å². The third-order valence-corrected chi connectivity index (χ3v) is 4.06. The van der Waals surface area contributed by atoms with Crippen molar-refractivity contribution in [3.63, 3.8) is 0 Å². The van der Waals surface area contributed by atoms with E-state index >= 15 is 0 Å². The van der Waals surface area contributed by atoms with Crippen molar-refractivity contribution in [2.75, 3.05) is 13.1 Å². The monoisotopic (exact) mass is 328 g/mol. The quantitative estimate of drug-likeness (QED) is 0.901. The van der Waals surface area contributed by atoms with Gasteiger partial charge in [-0.1, -0.05) is 22.0 Å². The maximum Gasteiger partial charge on any atom is 0.222 e. The zero-order chi connectivity index (χ0) is 13.8. The molecule has 1 unspecified atom stereocenters. The van der Waals surface area contributed by atoms with Gasteiger partial charge in [-0.05, 0) is 31.0 Å². The van der Waals surface area contributed by atoms with Crippen molar-refractivity contribution in [1.82, 2.24) is 10.2 Å². The summed E-state index contributed by atoms with van der Waals surface area (Å²) >= 11 is 3.35. The van der Waals surface area contributed by atoms with Gasteiger partial charge in [-0.15, -0.1) is 0 Å². The Morgan fingerprint density at radius 1 is 1.53 bits per heavy atom. The number of hydrogen-bond donors (Lipinski definition) is 1. The van der Waals surface area contributed by atoms with Crippen molar-refractivity contribution >= 4 is 21.8 Å². The second kappa shape index (κ2) is 6.48. The van der Waals surface area contributed by atoms with Crippen LogP contribution in [0.2, 0.25) is 0 Å². The second-order valence-corrected chi connectivity index (χ2v) is 5.82. The number of likely N-dealkylation sites (tertiary alicyclic amines) is 1. The summed E-state index contributed by atoms with van der Waals surface area (Å²) < 4.78 is 13.7. The number of halogens is 2. The minimum Gasteiger partial charge on any atom is -0.341 e. The fourth-order valence-electron chi connectivity index (χ4n) is 2.24. The number of benzene rings is 1. The van der Waals surface area contributed by atoms with Gasteiger partial charge in [0.2, 0.25) is 5.91 Å². The lowest BCUT2D eigenvalue weighted by Crippen LogP contribution is -2.39. The maximum absolute atomic E-state index is 13.0. The molecule has 1 N–H and O–H groups in total. The van der Waals surface area contributed by atoms with Crippen LogP contribution < -0.4 is 5.32 Å². The van der Waals surface area contributed by atoms with Crippen molar-refractivity contribution < 1.29 is 9.18 Å². The van der Waals surface area contributed by atoms with Gasteiger partial charge in [-0.2, -0.15) is 0 Å². The molecular weight excluding hydrogens is 311 g/mol. The highest BCUT2D eigenvalue weighted by Crippen LogP contribution is 2.18. The lowest BCUT2D eigenvalue weighted by atomic mass is 10.2. The van der Waals surface area contributed by atoms with Crippen LogP contribution in [0.3, 0.4) is 0 Å². The lowest BCUT2D eigenvalue weighted by molar-refractivity contribution is -0.127. The van der Waals surface area contributed by atoms with Crippen LogP contribution in [0.15, 0.2) is 22.7 Å². The standard InChI is InChI=1S/C14H18BrFN2O/c1-10(9-18-6-2-3-14(18)19)17-8-11-4-5-12(16)7-13(11)15/h4-5,7,10,17H,2-3,6,8-9H2,1H3. The molecule has 1 fully saturated rings. The van der Waals surface area contributed by atoms with E-state index < -0.39 is 0 Å². The van der Waals surface area contributed by atoms with Crippen LogP contribution in [-0.4, -0.2) is 29.9 Å². The average molecular weight is 329 g/mol. The molecule has 0 spiro atoms. The molecule has 0 aromatic heterocycles. The molecule has 1 aromatic rings. The molecule has 1 heterocycles. The first-order chi connectivity index (χ1) is 9.06. The Balaban J connectivity index is 1.82. The Morgan fingerprint density at radius 3 is 2.95 bits per heavy atom. The molecule has 1 aliphatic heterocycles. The molecular formula is C14H18BrFN2O. The Kier molecular flexibility index (Phi) is 4.93. The van der Waals surface area contributed by atoms with Crippen LogP contribution in [0.5, 0.6) is 0 Å². The molecule has 1 amide bonds. The first kappa shape index (κ1) is 14.5. The van der Waals surface area contributed by atoms with E-state index in [1.165, 1.54) is 12.1 Å². The van der Waals surface area contributed by atoms with Crippen LogP contribution in [0.25, 0.3) is 0 Å². The van der Waals surface area contributed by atoms with Crippen LogP contribution in [0, 0.1) is 5.82 Å². The molecule has 1 aromatic carbocycles. The number of carbonyl (C=O) groups is 1. The molecule has 2 rings (SSSR count). The van der Waals surface area contributed by atoms with E-state index in [1.54, 1.807) is 6.07 Å². The van der Waals surface area contributed by atoms with Gasteiger partial charge in [0.15, 0.2) is 0 Å². The van der Waals surface area contributed by atoms with Crippen LogP contribution in [-0.2, 0) is 11.3 Å². The fraction of sp³-hybridized carbons (Fsp3) is 0.500. The number of nitrogens with zero attached hydrogens (tertiary/aromatic N) is 1. The normalized spacial score (nSPS) is 17.0. The minimum absolute atomic E-state index is 0.221. The van der Waals surface area contributed by atoms with E-state index in [4.69, 9.17) is 0 Å². The number of hydrogen-bond acceptors (Lipinski definition) is 2. The molecule has 0 aliphatic carbocycles. The van der Waals surface area contributed by atoms with Crippen molar-refractivity contribution in [1.29, 1.82) is 0 Å². The van der Waals surface area contributed by atoms with E-state index in [9.17, 15) is 9.18 Å². The van der Waals surface area contributed by atoms with Gasteiger partial charge in [-0.3, -0.25) is 4.79 Å². The fourth-order valence-corrected chi connectivity index (χ4v) is 2.73. The van der Waals surface area contributed by atoms with Gasteiger partial charge in [0, 0.05) is 36.6 Å². The molecule has 0 saturated carbocycles. The van der Waals surface area contributed by atoms with Crippen molar-refractivity contribution in [3.8, 4) is 0 Å². The summed E-state index contributed by atoms with van der Waals surface area (Å²) in [5.74, 6) is 0.00273. The SMILES string of the molecule is CC(CN1CCCC1=O)NCc1ccc(F)cc1Br. The van der Waals surface area contributed by atoms with Crippen LogP contribution >= 0.6 is 15.9 Å². The second-order valence-electron chi connectivity index (χ2n) is 4.96. The van der Waals surface area contributed by atoms with Crippen molar-refractivity contribution in [2.24, 2.45) is 0 Å². The van der Waals surface area contributed by atoms with Gasteiger partial charge in [-0.25, -0.2) is 4.39 Å². The Bertz CT molecular complexity index is 467. The first-order valence-electron chi connectivity index (χ1n) is 6.51. The number of nitrogens with one attached hydrogen (secondary N) is 1. The number of amides is 1. The lowest BCUT2D eigenvalue weighted by Gasteiger charge is -2.22. The van der Waals surface area contributed by atoms with Crippen LogP contribution in [0.4, 0.5) is 4.39 Å². The molecule has 1 saturated heterocycles. The Hall–Kier alpha value is -0.940.